The Morgan fingerprint density at radius 3 is 2.73 bits per heavy atom. The molecule has 1 atom stereocenters. The zero-order valence-corrected chi connectivity index (χ0v) is 7.35. The van der Waals surface area contributed by atoms with Gasteiger partial charge in [0.1, 0.15) is 0 Å². The highest BCUT2D eigenvalue weighted by atomic mass is 79.9. The van der Waals surface area contributed by atoms with Crippen LogP contribution in [0.1, 0.15) is 6.42 Å². The second kappa shape index (κ2) is 3.47. The summed E-state index contributed by atoms with van der Waals surface area (Å²) < 4.78 is 23.6. The number of hydrogen-bond acceptors (Lipinski definition) is 1. The van der Waals surface area contributed by atoms with E-state index in [0.717, 1.165) is 0 Å². The van der Waals surface area contributed by atoms with Crippen molar-refractivity contribution in [2.24, 2.45) is 0 Å². The number of alkyl halides is 3. The van der Waals surface area contributed by atoms with Gasteiger partial charge in [0.25, 0.3) is 6.43 Å². The lowest BCUT2D eigenvalue weighted by Gasteiger charge is -2.13. The SMILES string of the molecule is O=C1CC(Br)CN1CC(F)F. The van der Waals surface area contributed by atoms with Gasteiger partial charge in [0.05, 0.1) is 6.54 Å². The molecule has 0 spiro atoms. The Balaban J connectivity index is 2.41. The minimum atomic E-state index is -2.42. The van der Waals surface area contributed by atoms with Crippen LogP contribution in [-0.2, 0) is 4.79 Å². The van der Waals surface area contributed by atoms with Gasteiger partial charge in [-0.25, -0.2) is 8.78 Å². The Hall–Kier alpha value is -0.190. The fourth-order valence-electron chi connectivity index (χ4n) is 1.07. The monoisotopic (exact) mass is 227 g/mol. The molecule has 2 nitrogen and oxygen atoms in total. The minimum absolute atomic E-state index is 0.0498. The van der Waals surface area contributed by atoms with Crippen LogP contribution < -0.4 is 0 Å². The summed E-state index contributed by atoms with van der Waals surface area (Å²) in [6, 6.07) is 0. The van der Waals surface area contributed by atoms with Crippen LogP contribution in [0.15, 0.2) is 0 Å². The molecular formula is C6H8BrF2NO. The molecule has 64 valence electrons. The third kappa shape index (κ3) is 2.39. The largest absolute Gasteiger partial charge is 0.336 e. The predicted molar refractivity (Wildman–Crippen MR) is 39.9 cm³/mol. The second-order valence-corrected chi connectivity index (χ2v) is 3.79. The third-order valence-corrected chi connectivity index (χ3v) is 2.14. The summed E-state index contributed by atoms with van der Waals surface area (Å²) in [5.74, 6) is -0.188. The normalized spacial score (nSPS) is 25.3. The summed E-state index contributed by atoms with van der Waals surface area (Å²) in [5, 5.41) is 0. The van der Waals surface area contributed by atoms with Crippen molar-refractivity contribution in [1.29, 1.82) is 0 Å². The van der Waals surface area contributed by atoms with Crippen molar-refractivity contribution in [2.75, 3.05) is 13.1 Å². The highest BCUT2D eigenvalue weighted by Gasteiger charge is 2.29. The van der Waals surface area contributed by atoms with Crippen molar-refractivity contribution >= 4 is 21.8 Å². The maximum Gasteiger partial charge on any atom is 0.255 e. The van der Waals surface area contributed by atoms with Crippen molar-refractivity contribution in [3.8, 4) is 0 Å². The molecule has 1 amide bonds. The van der Waals surface area contributed by atoms with Crippen LogP contribution in [0.4, 0.5) is 8.78 Å². The second-order valence-electron chi connectivity index (χ2n) is 2.49. The van der Waals surface area contributed by atoms with Crippen LogP contribution in [0.5, 0.6) is 0 Å². The van der Waals surface area contributed by atoms with Crippen molar-refractivity contribution in [3.63, 3.8) is 0 Å². The molecular weight excluding hydrogens is 220 g/mol. The first-order chi connectivity index (χ1) is 5.09. The molecule has 5 heteroatoms. The molecule has 1 saturated heterocycles. The number of hydrogen-bond donors (Lipinski definition) is 0. The maximum absolute atomic E-state index is 11.8. The van der Waals surface area contributed by atoms with Gasteiger partial charge in [0, 0.05) is 17.8 Å². The van der Waals surface area contributed by atoms with Gasteiger partial charge in [0.2, 0.25) is 5.91 Å². The van der Waals surface area contributed by atoms with E-state index < -0.39 is 13.0 Å². The quantitative estimate of drug-likeness (QED) is 0.651. The molecule has 1 aliphatic heterocycles. The van der Waals surface area contributed by atoms with Crippen molar-refractivity contribution in [2.45, 2.75) is 17.7 Å². The molecule has 0 aliphatic carbocycles. The Morgan fingerprint density at radius 2 is 2.36 bits per heavy atom. The van der Waals surface area contributed by atoms with E-state index in [4.69, 9.17) is 0 Å². The standard InChI is InChI=1S/C6H8BrF2NO/c7-4-1-6(11)10(2-4)3-5(8)9/h4-5H,1-3H2. The van der Waals surface area contributed by atoms with E-state index in [1.54, 1.807) is 0 Å². The topological polar surface area (TPSA) is 20.3 Å². The fourth-order valence-corrected chi connectivity index (χ4v) is 1.69. The number of halogens is 3. The van der Waals surface area contributed by atoms with E-state index in [1.165, 1.54) is 4.90 Å². The van der Waals surface area contributed by atoms with Crippen molar-refractivity contribution in [3.05, 3.63) is 0 Å². The van der Waals surface area contributed by atoms with Crippen LogP contribution >= 0.6 is 15.9 Å². The Morgan fingerprint density at radius 1 is 1.73 bits per heavy atom. The zero-order valence-electron chi connectivity index (χ0n) is 5.77. The Kier molecular flexibility index (Phi) is 2.81. The molecule has 0 bridgehead atoms. The summed E-state index contributed by atoms with van der Waals surface area (Å²) in [7, 11) is 0. The summed E-state index contributed by atoms with van der Waals surface area (Å²) in [5.41, 5.74) is 0. The maximum atomic E-state index is 11.8. The number of likely N-dealkylation sites (tertiary alicyclic amines) is 1. The molecule has 0 aromatic carbocycles. The molecule has 1 aliphatic rings. The highest BCUT2D eigenvalue weighted by Crippen LogP contribution is 2.18. The number of carbonyl (C=O) groups is 1. The first kappa shape index (κ1) is 8.90. The zero-order chi connectivity index (χ0) is 8.43. The van der Waals surface area contributed by atoms with Crippen LogP contribution in [0.2, 0.25) is 0 Å². The smallest absolute Gasteiger partial charge is 0.255 e. The molecule has 0 aromatic rings. The average molecular weight is 228 g/mol. The lowest BCUT2D eigenvalue weighted by Crippen LogP contribution is -2.30. The minimum Gasteiger partial charge on any atom is -0.336 e. The molecule has 1 rings (SSSR count). The van der Waals surface area contributed by atoms with Crippen molar-refractivity contribution < 1.29 is 13.6 Å². The van der Waals surface area contributed by atoms with Gasteiger partial charge in [-0.2, -0.15) is 0 Å². The first-order valence-corrected chi connectivity index (χ1v) is 4.21. The third-order valence-electron chi connectivity index (χ3n) is 1.53. The summed E-state index contributed by atoms with van der Waals surface area (Å²) in [4.78, 5) is 12.1. The van der Waals surface area contributed by atoms with Crippen LogP contribution in [0.25, 0.3) is 0 Å². The van der Waals surface area contributed by atoms with E-state index in [1.807, 2.05) is 0 Å². The van der Waals surface area contributed by atoms with Gasteiger partial charge < -0.3 is 4.90 Å². The van der Waals surface area contributed by atoms with Crippen LogP contribution in [0.3, 0.4) is 0 Å². The average Bonchev–Trinajstić information content (AvgIpc) is 2.09. The molecule has 1 fully saturated rings. The molecule has 1 heterocycles. The first-order valence-electron chi connectivity index (χ1n) is 3.29. The molecule has 0 radical (unpaired) electrons. The van der Waals surface area contributed by atoms with E-state index in [0.29, 0.717) is 13.0 Å². The molecule has 0 saturated carbocycles. The van der Waals surface area contributed by atoms with E-state index in [-0.39, 0.29) is 10.7 Å². The van der Waals surface area contributed by atoms with Crippen LogP contribution in [-0.4, -0.2) is 35.1 Å². The lowest BCUT2D eigenvalue weighted by molar-refractivity contribution is -0.129. The summed E-state index contributed by atoms with van der Waals surface area (Å²) >= 11 is 3.20. The van der Waals surface area contributed by atoms with Gasteiger partial charge in [-0.1, -0.05) is 15.9 Å². The van der Waals surface area contributed by atoms with Gasteiger partial charge in [-0.15, -0.1) is 0 Å². The molecule has 11 heavy (non-hydrogen) atoms. The van der Waals surface area contributed by atoms with E-state index in [2.05, 4.69) is 15.9 Å². The molecule has 0 aromatic heterocycles. The number of rotatable bonds is 2. The number of nitrogens with zero attached hydrogens (tertiary/aromatic N) is 1. The Bertz CT molecular complexity index is 165. The van der Waals surface area contributed by atoms with E-state index in [9.17, 15) is 13.6 Å². The Labute approximate surface area is 71.7 Å². The molecule has 1 unspecified atom stereocenters. The summed E-state index contributed by atoms with van der Waals surface area (Å²) in [6.45, 7) is -0.0237. The number of carbonyl (C=O) groups excluding carboxylic acids is 1. The number of amides is 1. The molecule has 0 N–H and O–H groups in total. The van der Waals surface area contributed by atoms with Gasteiger partial charge in [-0.05, 0) is 0 Å². The van der Waals surface area contributed by atoms with Crippen molar-refractivity contribution in [1.82, 2.24) is 4.90 Å². The fraction of sp³-hybridized carbons (Fsp3) is 0.833. The van der Waals surface area contributed by atoms with Crippen LogP contribution in [0, 0.1) is 0 Å². The van der Waals surface area contributed by atoms with Gasteiger partial charge in [-0.3, -0.25) is 4.79 Å². The predicted octanol–water partition coefficient (Wildman–Crippen LogP) is 1.25. The highest BCUT2D eigenvalue weighted by molar-refractivity contribution is 9.09. The van der Waals surface area contributed by atoms with E-state index >= 15 is 0 Å². The van der Waals surface area contributed by atoms with Gasteiger partial charge >= 0.3 is 0 Å². The summed E-state index contributed by atoms with van der Waals surface area (Å²) in [6.07, 6.45) is -2.08. The lowest BCUT2D eigenvalue weighted by atomic mass is 10.4. The van der Waals surface area contributed by atoms with Gasteiger partial charge in [0.15, 0.2) is 0 Å².